The van der Waals surface area contributed by atoms with Crippen LogP contribution in [0.3, 0.4) is 0 Å². The Balaban J connectivity index is 1.87. The molecule has 0 radical (unpaired) electrons. The largest absolute Gasteiger partial charge is 0.460 e. The predicted molar refractivity (Wildman–Crippen MR) is 112 cm³/mol. The first-order chi connectivity index (χ1) is 14.4. The number of fused-ring (bicyclic) bond motifs is 1. The van der Waals surface area contributed by atoms with Crippen LogP contribution >= 0.6 is 15.9 Å². The molecule has 0 bridgehead atoms. The van der Waals surface area contributed by atoms with E-state index in [1.54, 1.807) is 25.1 Å². The van der Waals surface area contributed by atoms with Gasteiger partial charge in [0.15, 0.2) is 5.69 Å². The summed E-state index contributed by atoms with van der Waals surface area (Å²) in [4.78, 5) is 36.7. The lowest BCUT2D eigenvalue weighted by molar-refractivity contribution is 0.0429. The van der Waals surface area contributed by atoms with Gasteiger partial charge in [0.25, 0.3) is 5.56 Å². The van der Waals surface area contributed by atoms with E-state index in [-0.39, 0.29) is 30.2 Å². The molecule has 0 fully saturated rings. The normalized spacial score (nSPS) is 10.9. The molecule has 2 aromatic heterocycles. The maximum absolute atomic E-state index is 12.5. The number of ether oxygens (including phenoxy) is 2. The van der Waals surface area contributed by atoms with Crippen molar-refractivity contribution >= 4 is 38.8 Å². The maximum atomic E-state index is 12.5. The Hall–Kier alpha value is -2.94. The number of carbonyl (C=O) groups excluding carboxylic acids is 2. The monoisotopic (exact) mass is 476 g/mol. The lowest BCUT2D eigenvalue weighted by Crippen LogP contribution is -2.25. The van der Waals surface area contributed by atoms with Crippen LogP contribution in [0.4, 0.5) is 0 Å². The minimum absolute atomic E-state index is 0.0115. The number of rotatable bonds is 8. The van der Waals surface area contributed by atoms with E-state index < -0.39 is 11.9 Å². The molecule has 158 valence electrons. The summed E-state index contributed by atoms with van der Waals surface area (Å²) < 4.78 is 18.1. The first-order valence-corrected chi connectivity index (χ1v) is 10.4. The van der Waals surface area contributed by atoms with Crippen LogP contribution in [-0.4, -0.2) is 28.3 Å². The fourth-order valence-electron chi connectivity index (χ4n) is 2.86. The van der Waals surface area contributed by atoms with E-state index >= 15 is 0 Å². The Bertz CT molecular complexity index is 1130. The standard InChI is InChI=1S/C21H21BrN2O6/c1-3-5-10-24-18(25)9-7-16(23-24)20(26)29-12-15-14-11-13(22)6-8-17(14)30-19(15)21(27)28-4-2/h6-9,11H,3-5,10,12H2,1-2H3. The van der Waals surface area contributed by atoms with E-state index in [1.807, 2.05) is 6.92 Å². The van der Waals surface area contributed by atoms with Gasteiger partial charge in [0.1, 0.15) is 12.2 Å². The molecule has 0 N–H and O–H groups in total. The molecule has 8 nitrogen and oxygen atoms in total. The van der Waals surface area contributed by atoms with E-state index in [2.05, 4.69) is 21.0 Å². The SMILES string of the molecule is CCCCn1nc(C(=O)OCc2c(C(=O)OCC)oc3ccc(Br)cc23)ccc1=O. The first kappa shape index (κ1) is 21.8. The summed E-state index contributed by atoms with van der Waals surface area (Å²) >= 11 is 3.39. The van der Waals surface area contributed by atoms with E-state index in [1.165, 1.54) is 16.8 Å². The molecule has 0 spiro atoms. The second kappa shape index (κ2) is 9.71. The number of carbonyl (C=O) groups is 2. The predicted octanol–water partition coefficient (Wildman–Crippen LogP) is 4.09. The minimum atomic E-state index is -0.709. The van der Waals surface area contributed by atoms with Gasteiger partial charge in [-0.2, -0.15) is 5.10 Å². The summed E-state index contributed by atoms with van der Waals surface area (Å²) in [6.45, 7) is 4.08. The first-order valence-electron chi connectivity index (χ1n) is 9.58. The molecule has 0 unspecified atom stereocenters. The number of nitrogens with zero attached hydrogens (tertiary/aromatic N) is 2. The van der Waals surface area contributed by atoms with Crippen LogP contribution in [0.2, 0.25) is 0 Å². The molecule has 0 saturated heterocycles. The van der Waals surface area contributed by atoms with E-state index in [4.69, 9.17) is 13.9 Å². The average Bonchev–Trinajstić information content (AvgIpc) is 3.09. The topological polar surface area (TPSA) is 101 Å². The molecule has 30 heavy (non-hydrogen) atoms. The highest BCUT2D eigenvalue weighted by Gasteiger charge is 2.23. The number of halogens is 1. The highest BCUT2D eigenvalue weighted by atomic mass is 79.9. The molecule has 3 aromatic rings. The second-order valence-electron chi connectivity index (χ2n) is 6.48. The zero-order valence-corrected chi connectivity index (χ0v) is 18.2. The smallest absolute Gasteiger partial charge is 0.374 e. The fraction of sp³-hybridized carbons (Fsp3) is 0.333. The lowest BCUT2D eigenvalue weighted by Gasteiger charge is -2.08. The van der Waals surface area contributed by atoms with Crippen molar-refractivity contribution in [2.45, 2.75) is 39.8 Å². The molecule has 0 aliphatic carbocycles. The number of furan rings is 1. The third-order valence-corrected chi connectivity index (χ3v) is 4.85. The van der Waals surface area contributed by atoms with Gasteiger partial charge in [0.2, 0.25) is 5.76 Å². The van der Waals surface area contributed by atoms with Crippen LogP contribution in [0.5, 0.6) is 0 Å². The summed E-state index contributed by atoms with van der Waals surface area (Å²) in [7, 11) is 0. The molecular formula is C21H21BrN2O6. The molecule has 9 heteroatoms. The summed E-state index contributed by atoms with van der Waals surface area (Å²) in [5, 5.41) is 4.71. The minimum Gasteiger partial charge on any atom is -0.460 e. The molecular weight excluding hydrogens is 456 g/mol. The zero-order chi connectivity index (χ0) is 21.7. The number of unbranched alkanes of at least 4 members (excludes halogenated alkanes) is 1. The van der Waals surface area contributed by atoms with Gasteiger partial charge in [0, 0.05) is 22.5 Å². The second-order valence-corrected chi connectivity index (χ2v) is 7.40. The fourth-order valence-corrected chi connectivity index (χ4v) is 3.22. The van der Waals surface area contributed by atoms with Crippen LogP contribution in [0, 0.1) is 0 Å². The molecule has 1 aromatic carbocycles. The Labute approximate surface area is 180 Å². The van der Waals surface area contributed by atoms with Gasteiger partial charge in [-0.05, 0) is 37.6 Å². The van der Waals surface area contributed by atoms with Gasteiger partial charge in [-0.1, -0.05) is 29.3 Å². The van der Waals surface area contributed by atoms with Crippen LogP contribution in [0.25, 0.3) is 11.0 Å². The lowest BCUT2D eigenvalue weighted by atomic mass is 10.1. The number of benzene rings is 1. The third-order valence-electron chi connectivity index (χ3n) is 4.36. The van der Waals surface area contributed by atoms with Gasteiger partial charge in [-0.25, -0.2) is 14.3 Å². The van der Waals surface area contributed by atoms with Gasteiger partial charge >= 0.3 is 11.9 Å². The Morgan fingerprint density at radius 2 is 1.93 bits per heavy atom. The zero-order valence-electron chi connectivity index (χ0n) is 16.6. The Morgan fingerprint density at radius 1 is 1.13 bits per heavy atom. The summed E-state index contributed by atoms with van der Waals surface area (Å²) in [5.41, 5.74) is 0.601. The molecule has 0 amide bonds. The summed E-state index contributed by atoms with van der Waals surface area (Å²) in [6, 6.07) is 7.86. The molecule has 0 aliphatic rings. The summed E-state index contributed by atoms with van der Waals surface area (Å²) in [6.07, 6.45) is 1.66. The number of hydrogen-bond donors (Lipinski definition) is 0. The third kappa shape index (κ3) is 4.79. The molecule has 0 aliphatic heterocycles. The van der Waals surface area contributed by atoms with Crippen LogP contribution in [-0.2, 0) is 22.6 Å². The highest BCUT2D eigenvalue weighted by Crippen LogP contribution is 2.30. The average molecular weight is 477 g/mol. The number of esters is 2. The van der Waals surface area contributed by atoms with Crippen molar-refractivity contribution in [2.75, 3.05) is 6.61 Å². The van der Waals surface area contributed by atoms with Gasteiger partial charge in [-0.15, -0.1) is 0 Å². The van der Waals surface area contributed by atoms with Crippen LogP contribution in [0.15, 0.2) is 44.0 Å². The van der Waals surface area contributed by atoms with Crippen molar-refractivity contribution < 1.29 is 23.5 Å². The van der Waals surface area contributed by atoms with Crippen molar-refractivity contribution in [2.24, 2.45) is 0 Å². The van der Waals surface area contributed by atoms with Crippen LogP contribution < -0.4 is 5.56 Å². The number of aryl methyl sites for hydroxylation is 1. The van der Waals surface area contributed by atoms with E-state index in [9.17, 15) is 14.4 Å². The number of aromatic nitrogens is 2. The van der Waals surface area contributed by atoms with Crippen molar-refractivity contribution in [3.63, 3.8) is 0 Å². The van der Waals surface area contributed by atoms with Crippen LogP contribution in [0.1, 0.15) is 53.3 Å². The van der Waals surface area contributed by atoms with Crippen molar-refractivity contribution in [1.29, 1.82) is 0 Å². The molecule has 3 rings (SSSR count). The van der Waals surface area contributed by atoms with E-state index in [0.717, 1.165) is 17.3 Å². The summed E-state index contributed by atoms with van der Waals surface area (Å²) in [5.74, 6) is -1.36. The quantitative estimate of drug-likeness (QED) is 0.451. The maximum Gasteiger partial charge on any atom is 0.374 e. The van der Waals surface area contributed by atoms with Gasteiger partial charge < -0.3 is 13.9 Å². The van der Waals surface area contributed by atoms with E-state index in [0.29, 0.717) is 23.1 Å². The molecule has 0 saturated carbocycles. The van der Waals surface area contributed by atoms with Crippen molar-refractivity contribution in [1.82, 2.24) is 9.78 Å². The highest BCUT2D eigenvalue weighted by molar-refractivity contribution is 9.10. The number of hydrogen-bond acceptors (Lipinski definition) is 7. The Morgan fingerprint density at radius 3 is 2.67 bits per heavy atom. The molecule has 0 atom stereocenters. The van der Waals surface area contributed by atoms with Gasteiger partial charge in [0.05, 0.1) is 12.2 Å². The van der Waals surface area contributed by atoms with Gasteiger partial charge in [-0.3, -0.25) is 4.79 Å². The van der Waals surface area contributed by atoms with Crippen molar-refractivity contribution in [3.8, 4) is 0 Å². The van der Waals surface area contributed by atoms with Crippen molar-refractivity contribution in [3.05, 3.63) is 62.2 Å². The Kier molecular flexibility index (Phi) is 7.04. The molecule has 2 heterocycles.